The summed E-state index contributed by atoms with van der Waals surface area (Å²) >= 11 is 0. The molecule has 0 aliphatic carbocycles. The first-order valence-electron chi connectivity index (χ1n) is 17.1. The molecule has 47 heavy (non-hydrogen) atoms. The first-order chi connectivity index (χ1) is 22.8. The molecule has 0 bridgehead atoms. The van der Waals surface area contributed by atoms with Crippen LogP contribution in [0.2, 0.25) is 0 Å². The molecule has 4 atom stereocenters. The lowest BCUT2D eigenvalue weighted by molar-refractivity contribution is -0.149. The number of nitrogens with zero attached hydrogens (tertiary/aromatic N) is 3. The number of carbonyl (C=O) groups is 3. The molecule has 2 heterocycles. The van der Waals surface area contributed by atoms with Gasteiger partial charge in [0.15, 0.2) is 0 Å². The van der Waals surface area contributed by atoms with Gasteiger partial charge in [0.2, 0.25) is 17.7 Å². The average Bonchev–Trinajstić information content (AvgIpc) is 3.77. The zero-order valence-electron chi connectivity index (χ0n) is 28.2. The Bertz CT molecular complexity index is 1480. The normalized spacial score (nSPS) is 19.4. The summed E-state index contributed by atoms with van der Waals surface area (Å²) in [5, 5.41) is 8.70. The molecule has 2 N–H and O–H groups in total. The lowest BCUT2D eigenvalue weighted by atomic mass is 9.98. The maximum atomic E-state index is 14.5. The highest BCUT2D eigenvalue weighted by atomic mass is 16.5. The Balaban J connectivity index is 1.34. The molecular formula is C38H51N5O4. The Labute approximate surface area is 279 Å². The van der Waals surface area contributed by atoms with Gasteiger partial charge in [-0.25, -0.2) is 0 Å². The fraction of sp³-hybridized carbons (Fsp3) is 0.500. The van der Waals surface area contributed by atoms with Crippen LogP contribution < -0.4 is 10.6 Å². The molecule has 3 amide bonds. The zero-order chi connectivity index (χ0) is 33.2. The van der Waals surface area contributed by atoms with E-state index in [0.717, 1.165) is 60.7 Å². The smallest absolute Gasteiger partial charge is 0.249 e. The van der Waals surface area contributed by atoms with Crippen molar-refractivity contribution in [3.05, 3.63) is 83.9 Å². The lowest BCUT2D eigenvalue weighted by Crippen LogP contribution is -2.56. The summed E-state index contributed by atoms with van der Waals surface area (Å²) < 4.78 is 5.81. The first-order valence-corrected chi connectivity index (χ1v) is 17.1. The van der Waals surface area contributed by atoms with Crippen molar-refractivity contribution in [1.29, 1.82) is 0 Å². The summed E-state index contributed by atoms with van der Waals surface area (Å²) in [5.74, 6) is -0.727. The van der Waals surface area contributed by atoms with Crippen LogP contribution >= 0.6 is 0 Å². The molecule has 252 valence electrons. The second-order valence-electron chi connectivity index (χ2n) is 13.2. The molecule has 5 rings (SSSR count). The molecule has 0 spiro atoms. The monoisotopic (exact) mass is 641 g/mol. The zero-order valence-corrected chi connectivity index (χ0v) is 28.2. The van der Waals surface area contributed by atoms with Gasteiger partial charge in [0.25, 0.3) is 0 Å². The molecule has 3 aromatic carbocycles. The van der Waals surface area contributed by atoms with E-state index in [4.69, 9.17) is 4.74 Å². The number of benzene rings is 3. The van der Waals surface area contributed by atoms with Gasteiger partial charge in [-0.05, 0) is 74.1 Å². The Kier molecular flexibility index (Phi) is 12.4. The predicted octanol–water partition coefficient (Wildman–Crippen LogP) is 3.65. The Hall–Kier alpha value is -3.79. The minimum absolute atomic E-state index is 0.108. The molecule has 4 unspecified atom stereocenters. The van der Waals surface area contributed by atoms with Gasteiger partial charge in [-0.2, -0.15) is 0 Å². The number of rotatable bonds is 15. The van der Waals surface area contributed by atoms with Crippen molar-refractivity contribution in [2.45, 2.75) is 69.1 Å². The van der Waals surface area contributed by atoms with Gasteiger partial charge < -0.3 is 30.1 Å². The van der Waals surface area contributed by atoms with E-state index >= 15 is 0 Å². The van der Waals surface area contributed by atoms with Crippen molar-refractivity contribution in [2.24, 2.45) is 0 Å². The number of ether oxygens (including phenoxy) is 1. The molecular weight excluding hydrogens is 590 g/mol. The fourth-order valence-corrected chi connectivity index (χ4v) is 6.90. The minimum Gasteiger partial charge on any atom is -0.370 e. The third kappa shape index (κ3) is 9.40. The van der Waals surface area contributed by atoms with Gasteiger partial charge in [0.05, 0.1) is 6.61 Å². The third-order valence-electron chi connectivity index (χ3n) is 9.93. The number of hydrogen-bond donors (Lipinski definition) is 2. The Morgan fingerprint density at radius 1 is 0.894 bits per heavy atom. The molecule has 2 fully saturated rings. The summed E-state index contributed by atoms with van der Waals surface area (Å²) in [6.45, 7) is 2.95. The van der Waals surface area contributed by atoms with E-state index in [1.54, 1.807) is 19.0 Å². The van der Waals surface area contributed by atoms with Crippen LogP contribution in [0.5, 0.6) is 0 Å². The first kappa shape index (κ1) is 34.5. The SMILES string of the molecule is CN1CCCC1CCNC(=O)C(Cc1ccccc1)N(C)C(=O)C(Cc1ccc2ccccc2c1)N(C)C(=O)COCC1CCCN1. The van der Waals surface area contributed by atoms with Crippen molar-refractivity contribution in [2.75, 3.05) is 54.0 Å². The molecule has 9 heteroatoms. The Morgan fingerprint density at radius 2 is 1.64 bits per heavy atom. The topological polar surface area (TPSA) is 94.2 Å². The van der Waals surface area contributed by atoms with E-state index in [2.05, 4.69) is 34.7 Å². The molecule has 0 aromatic heterocycles. The molecule has 2 aliphatic rings. The van der Waals surface area contributed by atoms with E-state index in [9.17, 15) is 14.4 Å². The van der Waals surface area contributed by atoms with Crippen LogP contribution in [-0.4, -0.2) is 111 Å². The summed E-state index contributed by atoms with van der Waals surface area (Å²) in [6, 6.07) is 23.2. The van der Waals surface area contributed by atoms with Crippen LogP contribution in [0.15, 0.2) is 72.8 Å². The standard InChI is InChI=1S/C38H51N5O4/c1-41-22-10-16-33(41)19-21-40-37(45)34(24-28-11-5-4-6-12-28)43(3)38(46)35(25-29-17-18-30-13-7-8-14-31(30)23-29)42(2)36(44)27-47-26-32-15-9-20-39-32/h4-8,11-14,17-18,23,32-35,39H,9-10,15-16,19-22,24-27H2,1-3H3,(H,40,45). The number of hydrogen-bond acceptors (Lipinski definition) is 6. The number of amides is 3. The largest absolute Gasteiger partial charge is 0.370 e. The maximum Gasteiger partial charge on any atom is 0.249 e. The van der Waals surface area contributed by atoms with E-state index in [1.807, 2.05) is 60.7 Å². The molecule has 3 aromatic rings. The van der Waals surface area contributed by atoms with Gasteiger partial charge >= 0.3 is 0 Å². The van der Waals surface area contributed by atoms with Crippen LogP contribution in [0.25, 0.3) is 10.8 Å². The van der Waals surface area contributed by atoms with Gasteiger partial charge in [-0.3, -0.25) is 14.4 Å². The molecule has 0 saturated carbocycles. The van der Waals surface area contributed by atoms with E-state index in [-0.39, 0.29) is 30.4 Å². The highest BCUT2D eigenvalue weighted by molar-refractivity contribution is 5.92. The third-order valence-corrected chi connectivity index (χ3v) is 9.93. The maximum absolute atomic E-state index is 14.5. The highest BCUT2D eigenvalue weighted by Gasteiger charge is 2.35. The number of fused-ring (bicyclic) bond motifs is 1. The average molecular weight is 642 g/mol. The van der Waals surface area contributed by atoms with Gasteiger partial charge in [0, 0.05) is 45.6 Å². The van der Waals surface area contributed by atoms with Crippen molar-refractivity contribution >= 4 is 28.5 Å². The van der Waals surface area contributed by atoms with Crippen molar-refractivity contribution in [3.63, 3.8) is 0 Å². The van der Waals surface area contributed by atoms with Crippen LogP contribution in [-0.2, 0) is 32.0 Å². The van der Waals surface area contributed by atoms with E-state index in [1.165, 1.54) is 11.3 Å². The van der Waals surface area contributed by atoms with E-state index in [0.29, 0.717) is 32.0 Å². The van der Waals surface area contributed by atoms with Crippen molar-refractivity contribution in [1.82, 2.24) is 25.3 Å². The van der Waals surface area contributed by atoms with Gasteiger partial charge in [-0.1, -0.05) is 72.8 Å². The fourth-order valence-electron chi connectivity index (χ4n) is 6.90. The second-order valence-corrected chi connectivity index (χ2v) is 13.2. The molecule has 2 aliphatic heterocycles. The molecule has 9 nitrogen and oxygen atoms in total. The number of likely N-dealkylation sites (N-methyl/N-ethyl adjacent to an activating group) is 2. The second kappa shape index (κ2) is 16.9. The number of likely N-dealkylation sites (tertiary alicyclic amines) is 1. The summed E-state index contributed by atoms with van der Waals surface area (Å²) in [7, 11) is 5.49. The highest BCUT2D eigenvalue weighted by Crippen LogP contribution is 2.21. The minimum atomic E-state index is -0.819. The summed E-state index contributed by atoms with van der Waals surface area (Å²) in [6.07, 6.45) is 6.00. The molecule has 2 saturated heterocycles. The number of nitrogens with one attached hydrogen (secondary N) is 2. The van der Waals surface area contributed by atoms with Gasteiger partial charge in [-0.15, -0.1) is 0 Å². The van der Waals surface area contributed by atoms with Crippen LogP contribution in [0.4, 0.5) is 0 Å². The lowest BCUT2D eigenvalue weighted by Gasteiger charge is -2.35. The van der Waals surface area contributed by atoms with Crippen molar-refractivity contribution < 1.29 is 19.1 Å². The van der Waals surface area contributed by atoms with Crippen molar-refractivity contribution in [3.8, 4) is 0 Å². The predicted molar refractivity (Wildman–Crippen MR) is 186 cm³/mol. The van der Waals surface area contributed by atoms with Crippen LogP contribution in [0.1, 0.15) is 43.2 Å². The number of carbonyl (C=O) groups excluding carboxylic acids is 3. The Morgan fingerprint density at radius 3 is 2.36 bits per heavy atom. The summed E-state index contributed by atoms with van der Waals surface area (Å²) in [4.78, 5) is 47.2. The quantitative estimate of drug-likeness (QED) is 0.263. The van der Waals surface area contributed by atoms with Gasteiger partial charge in [0.1, 0.15) is 18.7 Å². The summed E-state index contributed by atoms with van der Waals surface area (Å²) in [5.41, 5.74) is 1.91. The van der Waals surface area contributed by atoms with Crippen LogP contribution in [0.3, 0.4) is 0 Å². The van der Waals surface area contributed by atoms with Crippen LogP contribution in [0, 0.1) is 0 Å². The molecule has 0 radical (unpaired) electrons. The van der Waals surface area contributed by atoms with E-state index < -0.39 is 12.1 Å².